The summed E-state index contributed by atoms with van der Waals surface area (Å²) in [5, 5.41) is 12.0. The van der Waals surface area contributed by atoms with Gasteiger partial charge in [-0.3, -0.25) is 10.1 Å². The normalized spacial score (nSPS) is 11.5. The summed E-state index contributed by atoms with van der Waals surface area (Å²) in [6.07, 6.45) is -5.52. The van der Waals surface area contributed by atoms with Crippen LogP contribution in [0.2, 0.25) is 10.0 Å². The molecule has 0 aliphatic carbocycles. The first-order chi connectivity index (χ1) is 12.1. The molecule has 0 bridgehead atoms. The zero-order chi connectivity index (χ0) is 19.5. The van der Waals surface area contributed by atoms with Crippen LogP contribution in [-0.4, -0.2) is 17.6 Å². The van der Waals surface area contributed by atoms with Crippen LogP contribution in [0.15, 0.2) is 40.9 Å². The van der Waals surface area contributed by atoms with Gasteiger partial charge in [0.25, 0.3) is 5.69 Å². The van der Waals surface area contributed by atoms with Crippen molar-refractivity contribution in [2.75, 3.05) is 11.4 Å². The maximum absolute atomic E-state index is 12.7. The van der Waals surface area contributed by atoms with E-state index in [4.69, 9.17) is 23.2 Å². The standard InChI is InChI=1S/C16H12BrCl2F3N2O2/c17-11-2-4-14(15(7-11)24(25)26)23(6-5-16(20,21)22)9-10-1-3-12(18)8-13(10)19/h1-4,7-8H,5-6,9H2. The minimum atomic E-state index is -4.40. The van der Waals surface area contributed by atoms with Crippen LogP contribution in [0.1, 0.15) is 12.0 Å². The van der Waals surface area contributed by atoms with Gasteiger partial charge in [0.1, 0.15) is 5.69 Å². The van der Waals surface area contributed by atoms with Crippen molar-refractivity contribution in [3.8, 4) is 0 Å². The molecule has 0 aromatic heterocycles. The Hall–Kier alpha value is -1.51. The van der Waals surface area contributed by atoms with Gasteiger partial charge in [-0.05, 0) is 29.8 Å². The number of rotatable bonds is 6. The number of halogens is 6. The molecule has 140 valence electrons. The van der Waals surface area contributed by atoms with Crippen LogP contribution in [0.25, 0.3) is 0 Å². The molecule has 0 aliphatic heterocycles. The van der Waals surface area contributed by atoms with Crippen molar-refractivity contribution < 1.29 is 18.1 Å². The molecule has 2 rings (SSSR count). The molecular weight excluding hydrogens is 460 g/mol. The van der Waals surface area contributed by atoms with Gasteiger partial charge in [0, 0.05) is 33.7 Å². The highest BCUT2D eigenvalue weighted by atomic mass is 79.9. The van der Waals surface area contributed by atoms with E-state index in [1.165, 1.54) is 29.2 Å². The van der Waals surface area contributed by atoms with Crippen molar-refractivity contribution in [1.82, 2.24) is 0 Å². The Bertz CT molecular complexity index is 819. The van der Waals surface area contributed by atoms with Crippen LogP contribution in [0, 0.1) is 10.1 Å². The number of alkyl halides is 3. The number of hydrogen-bond acceptors (Lipinski definition) is 3. The Morgan fingerprint density at radius 1 is 1.15 bits per heavy atom. The molecule has 0 spiro atoms. The molecule has 0 fully saturated rings. The molecule has 0 N–H and O–H groups in total. The fourth-order valence-electron chi connectivity index (χ4n) is 2.31. The van der Waals surface area contributed by atoms with E-state index in [1.807, 2.05) is 0 Å². The molecule has 4 nitrogen and oxygen atoms in total. The summed E-state index contributed by atoms with van der Waals surface area (Å²) in [5.74, 6) is 0. The van der Waals surface area contributed by atoms with E-state index in [0.29, 0.717) is 15.1 Å². The Morgan fingerprint density at radius 3 is 2.42 bits per heavy atom. The SMILES string of the molecule is O=[N+]([O-])c1cc(Br)ccc1N(CCC(F)(F)F)Cc1ccc(Cl)cc1Cl. The predicted molar refractivity (Wildman–Crippen MR) is 99.0 cm³/mol. The van der Waals surface area contributed by atoms with Gasteiger partial charge < -0.3 is 4.90 Å². The highest BCUT2D eigenvalue weighted by Crippen LogP contribution is 2.34. The first kappa shape index (κ1) is 20.8. The summed E-state index contributed by atoms with van der Waals surface area (Å²) in [6, 6.07) is 8.79. The maximum Gasteiger partial charge on any atom is 0.390 e. The van der Waals surface area contributed by atoms with Crippen molar-refractivity contribution in [3.05, 3.63) is 66.6 Å². The van der Waals surface area contributed by atoms with Crippen molar-refractivity contribution in [1.29, 1.82) is 0 Å². The minimum absolute atomic E-state index is 0.0332. The van der Waals surface area contributed by atoms with Gasteiger partial charge in [0.15, 0.2) is 0 Å². The monoisotopic (exact) mass is 470 g/mol. The first-order valence-corrected chi connectivity index (χ1v) is 8.81. The molecule has 0 unspecified atom stereocenters. The molecule has 0 saturated heterocycles. The highest BCUT2D eigenvalue weighted by molar-refractivity contribution is 9.10. The van der Waals surface area contributed by atoms with Crippen LogP contribution in [-0.2, 0) is 6.54 Å². The molecule has 0 saturated carbocycles. The van der Waals surface area contributed by atoms with Crippen LogP contribution < -0.4 is 4.90 Å². The van der Waals surface area contributed by atoms with Crippen LogP contribution in [0.4, 0.5) is 24.5 Å². The molecule has 0 radical (unpaired) electrons. The van der Waals surface area contributed by atoms with E-state index >= 15 is 0 Å². The third kappa shape index (κ3) is 5.75. The average Bonchev–Trinajstić information content (AvgIpc) is 2.52. The van der Waals surface area contributed by atoms with Crippen LogP contribution in [0.3, 0.4) is 0 Å². The molecule has 0 atom stereocenters. The molecule has 2 aromatic carbocycles. The van der Waals surface area contributed by atoms with E-state index in [9.17, 15) is 23.3 Å². The maximum atomic E-state index is 12.7. The lowest BCUT2D eigenvalue weighted by Crippen LogP contribution is -2.28. The number of nitro groups is 1. The second-order valence-corrected chi connectivity index (χ2v) is 7.17. The molecule has 0 aliphatic rings. The minimum Gasteiger partial charge on any atom is -0.361 e. The fraction of sp³-hybridized carbons (Fsp3) is 0.250. The Kier molecular flexibility index (Phi) is 6.76. The predicted octanol–water partition coefficient (Wildman–Crippen LogP) is 6.62. The third-order valence-corrected chi connectivity index (χ3v) is 4.60. The number of nitrogens with zero attached hydrogens (tertiary/aromatic N) is 2. The summed E-state index contributed by atoms with van der Waals surface area (Å²) >= 11 is 15.1. The van der Waals surface area contributed by atoms with Gasteiger partial charge in [0.2, 0.25) is 0 Å². The fourth-order valence-corrected chi connectivity index (χ4v) is 3.13. The van der Waals surface area contributed by atoms with E-state index in [-0.39, 0.29) is 22.9 Å². The van der Waals surface area contributed by atoms with Crippen LogP contribution >= 0.6 is 39.1 Å². The van der Waals surface area contributed by atoms with E-state index in [1.54, 1.807) is 12.1 Å². The molecule has 10 heteroatoms. The van der Waals surface area contributed by atoms with E-state index in [2.05, 4.69) is 15.9 Å². The highest BCUT2D eigenvalue weighted by Gasteiger charge is 2.30. The topological polar surface area (TPSA) is 46.4 Å². The number of benzene rings is 2. The Morgan fingerprint density at radius 2 is 1.85 bits per heavy atom. The van der Waals surface area contributed by atoms with Gasteiger partial charge in [-0.15, -0.1) is 0 Å². The number of nitro benzene ring substituents is 1. The molecule has 26 heavy (non-hydrogen) atoms. The summed E-state index contributed by atoms with van der Waals surface area (Å²) < 4.78 is 38.6. The van der Waals surface area contributed by atoms with Gasteiger partial charge >= 0.3 is 6.18 Å². The second kappa shape index (κ2) is 8.45. The Balaban J connectivity index is 2.42. The molecule has 0 heterocycles. The average molecular weight is 472 g/mol. The largest absolute Gasteiger partial charge is 0.390 e. The van der Waals surface area contributed by atoms with Crippen LogP contribution in [0.5, 0.6) is 0 Å². The summed E-state index contributed by atoms with van der Waals surface area (Å²) in [5.41, 5.74) is 0.288. The summed E-state index contributed by atoms with van der Waals surface area (Å²) in [6.45, 7) is -0.487. The van der Waals surface area contributed by atoms with Gasteiger partial charge in [-0.2, -0.15) is 13.2 Å². The van der Waals surface area contributed by atoms with Gasteiger partial charge in [0.05, 0.1) is 11.3 Å². The lowest BCUT2D eigenvalue weighted by atomic mass is 10.1. The van der Waals surface area contributed by atoms with E-state index in [0.717, 1.165) is 0 Å². The molecule has 0 amide bonds. The second-order valence-electron chi connectivity index (χ2n) is 5.41. The Labute approximate surface area is 165 Å². The summed E-state index contributed by atoms with van der Waals surface area (Å²) in [7, 11) is 0. The van der Waals surface area contributed by atoms with E-state index < -0.39 is 24.1 Å². The number of hydrogen-bond donors (Lipinski definition) is 0. The first-order valence-electron chi connectivity index (χ1n) is 7.26. The van der Waals surface area contributed by atoms with Gasteiger partial charge in [-0.1, -0.05) is 45.2 Å². The number of anilines is 1. The smallest absolute Gasteiger partial charge is 0.361 e. The zero-order valence-corrected chi connectivity index (χ0v) is 16.2. The third-order valence-electron chi connectivity index (χ3n) is 3.52. The van der Waals surface area contributed by atoms with Crippen molar-refractivity contribution in [2.45, 2.75) is 19.1 Å². The van der Waals surface area contributed by atoms with Gasteiger partial charge in [-0.25, -0.2) is 0 Å². The van der Waals surface area contributed by atoms with Crippen molar-refractivity contribution >= 4 is 50.5 Å². The summed E-state index contributed by atoms with van der Waals surface area (Å²) in [4.78, 5) is 12.0. The van der Waals surface area contributed by atoms with Crippen molar-refractivity contribution in [2.24, 2.45) is 0 Å². The quantitative estimate of drug-likeness (QED) is 0.351. The molecular formula is C16H12BrCl2F3N2O2. The lowest BCUT2D eigenvalue weighted by molar-refractivity contribution is -0.384. The lowest BCUT2D eigenvalue weighted by Gasteiger charge is -2.26. The molecule has 2 aromatic rings. The zero-order valence-electron chi connectivity index (χ0n) is 13.1. The van der Waals surface area contributed by atoms with Crippen molar-refractivity contribution in [3.63, 3.8) is 0 Å².